The number of hydrogen-bond donors (Lipinski definition) is 3. The molecule has 0 aliphatic heterocycles. The molecule has 1 heterocycles. The first-order chi connectivity index (χ1) is 12.0. The third-order valence-electron chi connectivity index (χ3n) is 3.51. The van der Waals surface area contributed by atoms with Gasteiger partial charge in [0.05, 0.1) is 0 Å². The molecule has 2 rings (SSSR count). The average Bonchev–Trinajstić information content (AvgIpc) is 2.65. The van der Waals surface area contributed by atoms with Crippen molar-refractivity contribution < 1.29 is 14.0 Å². The van der Waals surface area contributed by atoms with Crippen LogP contribution in [0.4, 0.5) is 4.39 Å². The van der Waals surface area contributed by atoms with Gasteiger partial charge in [-0.15, -0.1) is 12.4 Å². The normalized spacial score (nSPS) is 11.2. The van der Waals surface area contributed by atoms with Gasteiger partial charge in [-0.25, -0.2) is 14.4 Å². The highest BCUT2D eigenvalue weighted by molar-refractivity contribution is 6.04. The van der Waals surface area contributed by atoms with Crippen LogP contribution in [0.3, 0.4) is 0 Å². The summed E-state index contributed by atoms with van der Waals surface area (Å²) in [6.45, 7) is 2.89. The van der Waals surface area contributed by atoms with Crippen LogP contribution in [0.2, 0.25) is 0 Å². The van der Waals surface area contributed by atoms with Crippen molar-refractivity contribution in [1.82, 2.24) is 20.6 Å². The van der Waals surface area contributed by atoms with E-state index in [0.717, 1.165) is 5.56 Å². The minimum Gasteiger partial charge on any atom is -0.350 e. The zero-order valence-electron chi connectivity index (χ0n) is 14.2. The van der Waals surface area contributed by atoms with Gasteiger partial charge in [-0.05, 0) is 30.2 Å². The van der Waals surface area contributed by atoms with E-state index in [1.54, 1.807) is 12.1 Å². The molecule has 1 aromatic heterocycles. The Labute approximate surface area is 157 Å². The Bertz CT molecular complexity index is 742. The SMILES string of the molecule is CC(CN)CNC(=O)c1nccnc1C(=O)NCc1ccc(F)cc1.Cl. The topological polar surface area (TPSA) is 110 Å². The van der Waals surface area contributed by atoms with Crippen LogP contribution in [0.15, 0.2) is 36.7 Å². The van der Waals surface area contributed by atoms with Crippen LogP contribution in [0, 0.1) is 11.7 Å². The van der Waals surface area contributed by atoms with Gasteiger partial charge in [0.15, 0.2) is 11.4 Å². The molecule has 2 amide bonds. The quantitative estimate of drug-likeness (QED) is 0.669. The van der Waals surface area contributed by atoms with Crippen LogP contribution >= 0.6 is 12.4 Å². The summed E-state index contributed by atoms with van der Waals surface area (Å²) in [5.74, 6) is -1.26. The van der Waals surface area contributed by atoms with Gasteiger partial charge in [-0.3, -0.25) is 9.59 Å². The fraction of sp³-hybridized carbons (Fsp3) is 0.294. The number of nitrogens with one attached hydrogen (secondary N) is 2. The Morgan fingerprint density at radius 2 is 1.62 bits per heavy atom. The molecule has 0 aliphatic rings. The highest BCUT2D eigenvalue weighted by atomic mass is 35.5. The first-order valence-electron chi connectivity index (χ1n) is 7.83. The van der Waals surface area contributed by atoms with Crippen molar-refractivity contribution in [3.63, 3.8) is 0 Å². The predicted octanol–water partition coefficient (Wildman–Crippen LogP) is 1.29. The second-order valence-electron chi connectivity index (χ2n) is 5.61. The van der Waals surface area contributed by atoms with Gasteiger partial charge >= 0.3 is 0 Å². The Morgan fingerprint density at radius 3 is 2.15 bits per heavy atom. The molecule has 4 N–H and O–H groups in total. The first kappa shape index (κ1) is 21.5. The van der Waals surface area contributed by atoms with Gasteiger partial charge in [0.2, 0.25) is 0 Å². The average molecular weight is 382 g/mol. The van der Waals surface area contributed by atoms with Crippen molar-refractivity contribution in [2.45, 2.75) is 13.5 Å². The van der Waals surface area contributed by atoms with Crippen LogP contribution in [0.5, 0.6) is 0 Å². The molecule has 7 nitrogen and oxygen atoms in total. The molecule has 0 saturated heterocycles. The van der Waals surface area contributed by atoms with E-state index < -0.39 is 11.8 Å². The number of amides is 2. The van der Waals surface area contributed by atoms with Gasteiger partial charge in [-0.1, -0.05) is 19.1 Å². The monoisotopic (exact) mass is 381 g/mol. The van der Waals surface area contributed by atoms with Crippen LogP contribution in [-0.4, -0.2) is 34.9 Å². The van der Waals surface area contributed by atoms with E-state index >= 15 is 0 Å². The summed E-state index contributed by atoms with van der Waals surface area (Å²) in [6, 6.07) is 5.74. The van der Waals surface area contributed by atoms with Gasteiger partial charge in [0.25, 0.3) is 11.8 Å². The third-order valence-corrected chi connectivity index (χ3v) is 3.51. The lowest BCUT2D eigenvalue weighted by atomic mass is 10.2. The first-order valence-corrected chi connectivity index (χ1v) is 7.83. The zero-order chi connectivity index (χ0) is 18.2. The minimum atomic E-state index is -0.533. The summed E-state index contributed by atoms with van der Waals surface area (Å²) in [6.07, 6.45) is 2.68. The predicted molar refractivity (Wildman–Crippen MR) is 97.4 cm³/mol. The van der Waals surface area contributed by atoms with Crippen molar-refractivity contribution in [2.24, 2.45) is 11.7 Å². The molecule has 0 bridgehead atoms. The number of halogens is 2. The fourth-order valence-corrected chi connectivity index (χ4v) is 1.97. The van der Waals surface area contributed by atoms with E-state index in [2.05, 4.69) is 20.6 Å². The van der Waals surface area contributed by atoms with Crippen LogP contribution in [-0.2, 0) is 6.54 Å². The van der Waals surface area contributed by atoms with Gasteiger partial charge in [0.1, 0.15) is 5.82 Å². The maximum Gasteiger partial charge on any atom is 0.272 e. The Balaban J connectivity index is 0.00000338. The number of benzene rings is 1. The summed E-state index contributed by atoms with van der Waals surface area (Å²) < 4.78 is 12.9. The highest BCUT2D eigenvalue weighted by Crippen LogP contribution is 2.05. The molecule has 0 radical (unpaired) electrons. The Morgan fingerprint density at radius 1 is 1.08 bits per heavy atom. The molecule has 9 heteroatoms. The van der Waals surface area contributed by atoms with Crippen LogP contribution < -0.4 is 16.4 Å². The standard InChI is InChI=1S/C17H20FN5O2.ClH/c1-11(8-19)9-22-16(24)14-15(21-7-6-20-14)17(25)23-10-12-2-4-13(18)5-3-12;/h2-7,11H,8-10,19H2,1H3,(H,22,24)(H,23,25);1H. The molecule has 2 aromatic rings. The largest absolute Gasteiger partial charge is 0.350 e. The molecule has 26 heavy (non-hydrogen) atoms. The van der Waals surface area contributed by atoms with Gasteiger partial charge in [0, 0.05) is 25.5 Å². The number of aromatic nitrogens is 2. The van der Waals surface area contributed by atoms with Crippen LogP contribution in [0.25, 0.3) is 0 Å². The number of rotatable bonds is 7. The molecule has 1 aromatic carbocycles. The van der Waals surface area contributed by atoms with E-state index in [9.17, 15) is 14.0 Å². The highest BCUT2D eigenvalue weighted by Gasteiger charge is 2.20. The second-order valence-corrected chi connectivity index (χ2v) is 5.61. The van der Waals surface area contributed by atoms with Gasteiger partial charge in [-0.2, -0.15) is 0 Å². The lowest BCUT2D eigenvalue weighted by Crippen LogP contribution is -2.34. The van der Waals surface area contributed by atoms with E-state index in [1.165, 1.54) is 24.5 Å². The second kappa shape index (κ2) is 10.4. The van der Waals surface area contributed by atoms with Crippen molar-refractivity contribution in [3.8, 4) is 0 Å². The maximum atomic E-state index is 12.9. The fourth-order valence-electron chi connectivity index (χ4n) is 1.97. The Hall–Kier alpha value is -2.58. The minimum absolute atomic E-state index is 0. The molecule has 0 aliphatic carbocycles. The molecule has 1 unspecified atom stereocenters. The zero-order valence-corrected chi connectivity index (χ0v) is 15.1. The van der Waals surface area contributed by atoms with E-state index in [-0.39, 0.29) is 42.1 Å². The summed E-state index contributed by atoms with van der Waals surface area (Å²) in [5, 5.41) is 5.32. The molecule has 1 atom stereocenters. The molecule has 0 spiro atoms. The van der Waals surface area contributed by atoms with Crippen molar-refractivity contribution in [3.05, 3.63) is 59.4 Å². The van der Waals surface area contributed by atoms with E-state index in [4.69, 9.17) is 5.73 Å². The van der Waals surface area contributed by atoms with Crippen molar-refractivity contribution in [2.75, 3.05) is 13.1 Å². The molecule has 140 valence electrons. The number of hydrogen-bond acceptors (Lipinski definition) is 5. The summed E-state index contributed by atoms with van der Waals surface area (Å²) >= 11 is 0. The summed E-state index contributed by atoms with van der Waals surface area (Å²) in [5.41, 5.74) is 6.12. The number of carbonyl (C=O) groups excluding carboxylic acids is 2. The smallest absolute Gasteiger partial charge is 0.272 e. The van der Waals surface area contributed by atoms with Crippen LogP contribution in [0.1, 0.15) is 33.5 Å². The van der Waals surface area contributed by atoms with Crippen molar-refractivity contribution >= 4 is 24.2 Å². The third kappa shape index (κ3) is 6.05. The Kier molecular flexibility index (Phi) is 8.60. The van der Waals surface area contributed by atoms with E-state index in [0.29, 0.717) is 13.1 Å². The lowest BCUT2D eigenvalue weighted by Gasteiger charge is -2.11. The summed E-state index contributed by atoms with van der Waals surface area (Å²) in [4.78, 5) is 32.4. The molecule has 0 fully saturated rings. The molecular formula is C17H21ClFN5O2. The van der Waals surface area contributed by atoms with Crippen molar-refractivity contribution in [1.29, 1.82) is 0 Å². The van der Waals surface area contributed by atoms with E-state index in [1.807, 2.05) is 6.92 Å². The van der Waals surface area contributed by atoms with Gasteiger partial charge < -0.3 is 16.4 Å². The summed E-state index contributed by atoms with van der Waals surface area (Å²) in [7, 11) is 0. The maximum absolute atomic E-state index is 12.9. The lowest BCUT2D eigenvalue weighted by molar-refractivity contribution is 0.0907. The number of nitrogens with two attached hydrogens (primary N) is 1. The number of nitrogens with zero attached hydrogens (tertiary/aromatic N) is 2. The number of carbonyl (C=O) groups is 2. The molecular weight excluding hydrogens is 361 g/mol. The molecule has 0 saturated carbocycles.